The van der Waals surface area contributed by atoms with Gasteiger partial charge >= 0.3 is 0 Å². The van der Waals surface area contributed by atoms with Crippen molar-refractivity contribution in [2.75, 3.05) is 75.2 Å². The van der Waals surface area contributed by atoms with Gasteiger partial charge in [0.15, 0.2) is 23.3 Å². The first-order valence-corrected chi connectivity index (χ1v) is 20.3. The Morgan fingerprint density at radius 2 is 1.16 bits per heavy atom. The molecule has 2 saturated heterocycles. The van der Waals surface area contributed by atoms with Crippen LogP contribution in [0, 0.1) is 24.4 Å². The Balaban J connectivity index is 0.000000169. The van der Waals surface area contributed by atoms with E-state index in [1.54, 1.807) is 18.2 Å². The van der Waals surface area contributed by atoms with Gasteiger partial charge in [0.2, 0.25) is 10.3 Å². The fourth-order valence-corrected chi connectivity index (χ4v) is 8.19. The van der Waals surface area contributed by atoms with Crippen molar-refractivity contribution >= 4 is 33.3 Å². The molecule has 286 valence electrons. The van der Waals surface area contributed by atoms with Gasteiger partial charge in [-0.25, -0.2) is 13.2 Å². The number of aryl methyl sites for hydroxylation is 2. The second-order valence-corrected chi connectivity index (χ2v) is 15.4. The number of nitrogens with zero attached hydrogens (tertiary/aromatic N) is 8. The summed E-state index contributed by atoms with van der Waals surface area (Å²) >= 11 is 2.84. The molecule has 55 heavy (non-hydrogen) atoms. The fourth-order valence-electron chi connectivity index (χ4n) is 6.71. The molecule has 8 nitrogen and oxygen atoms in total. The number of benzene rings is 4. The minimum absolute atomic E-state index is 0.302. The Bertz CT molecular complexity index is 2090. The molecule has 2 aliphatic heterocycles. The summed E-state index contributed by atoms with van der Waals surface area (Å²) in [5.41, 5.74) is 5.27. The number of hydrogen-bond acceptors (Lipinski definition) is 10. The third kappa shape index (κ3) is 10.8. The molecule has 13 heteroatoms. The molecule has 4 aromatic carbocycles. The summed E-state index contributed by atoms with van der Waals surface area (Å²) < 4.78 is 48.6. The summed E-state index contributed by atoms with van der Waals surface area (Å²) in [5, 5.41) is 1.88. The van der Waals surface area contributed by atoms with Crippen molar-refractivity contribution in [3.8, 4) is 22.8 Å². The first-order chi connectivity index (χ1) is 26.9. The third-order valence-electron chi connectivity index (χ3n) is 9.99. The van der Waals surface area contributed by atoms with Crippen LogP contribution < -0.4 is 9.80 Å². The normalized spacial score (nSPS) is 15.2. The molecule has 2 fully saturated rings. The number of halogens is 3. The number of aromatic nitrogens is 4. The average Bonchev–Trinajstić information content (AvgIpc) is 3.92. The molecule has 0 spiro atoms. The molecule has 2 aliphatic rings. The van der Waals surface area contributed by atoms with Gasteiger partial charge in [-0.3, -0.25) is 9.80 Å². The molecular formula is C42H45F3N8S2. The minimum Gasteiger partial charge on any atom is -0.344 e. The van der Waals surface area contributed by atoms with Gasteiger partial charge in [0.1, 0.15) is 5.82 Å². The minimum atomic E-state index is -0.813. The zero-order valence-corrected chi connectivity index (χ0v) is 32.6. The Morgan fingerprint density at radius 3 is 1.78 bits per heavy atom. The predicted molar refractivity (Wildman–Crippen MR) is 218 cm³/mol. The van der Waals surface area contributed by atoms with Crippen molar-refractivity contribution in [2.45, 2.75) is 26.2 Å². The van der Waals surface area contributed by atoms with E-state index < -0.39 is 11.6 Å². The molecule has 4 heterocycles. The summed E-state index contributed by atoms with van der Waals surface area (Å²) in [6.45, 7) is 11.7. The maximum Gasteiger partial charge on any atom is 0.205 e. The molecule has 0 N–H and O–H groups in total. The Morgan fingerprint density at radius 1 is 0.545 bits per heavy atom. The van der Waals surface area contributed by atoms with Crippen molar-refractivity contribution < 1.29 is 13.2 Å². The Hall–Kier alpha value is -4.69. The summed E-state index contributed by atoms with van der Waals surface area (Å²) in [4.78, 5) is 18.8. The van der Waals surface area contributed by atoms with Crippen LogP contribution in [0.15, 0.2) is 97.1 Å². The van der Waals surface area contributed by atoms with Gasteiger partial charge in [0.05, 0.1) is 0 Å². The fraction of sp³-hybridized carbons (Fsp3) is 0.333. The molecule has 0 amide bonds. The first-order valence-electron chi connectivity index (χ1n) is 18.8. The topological polar surface area (TPSA) is 64.5 Å². The highest BCUT2D eigenvalue weighted by Crippen LogP contribution is 2.27. The van der Waals surface area contributed by atoms with E-state index in [9.17, 15) is 13.2 Å². The number of anilines is 2. The van der Waals surface area contributed by atoms with Gasteiger partial charge in [-0.05, 0) is 68.1 Å². The molecule has 6 aromatic rings. The van der Waals surface area contributed by atoms with Crippen LogP contribution in [0.1, 0.15) is 23.1 Å². The Labute approximate surface area is 329 Å². The molecule has 0 radical (unpaired) electrons. The van der Waals surface area contributed by atoms with E-state index in [0.717, 1.165) is 92.5 Å². The van der Waals surface area contributed by atoms with Crippen LogP contribution in [0.25, 0.3) is 22.8 Å². The molecule has 2 aromatic heterocycles. The van der Waals surface area contributed by atoms with Crippen LogP contribution in [0.4, 0.5) is 23.4 Å². The van der Waals surface area contributed by atoms with Crippen molar-refractivity contribution in [3.05, 3.63) is 131 Å². The highest BCUT2D eigenvalue weighted by Gasteiger charge is 2.22. The molecule has 0 saturated carbocycles. The van der Waals surface area contributed by atoms with Gasteiger partial charge in [0, 0.05) is 93.1 Å². The highest BCUT2D eigenvalue weighted by atomic mass is 32.1. The predicted octanol–water partition coefficient (Wildman–Crippen LogP) is 8.26. The van der Waals surface area contributed by atoms with E-state index in [-0.39, 0.29) is 5.82 Å². The van der Waals surface area contributed by atoms with Crippen molar-refractivity contribution in [3.63, 3.8) is 0 Å². The quantitative estimate of drug-likeness (QED) is 0.130. The van der Waals surface area contributed by atoms with Crippen molar-refractivity contribution in [2.24, 2.45) is 0 Å². The molecule has 0 unspecified atom stereocenters. The second kappa shape index (κ2) is 18.8. The monoisotopic (exact) mass is 782 g/mol. The van der Waals surface area contributed by atoms with Crippen molar-refractivity contribution in [1.82, 2.24) is 28.5 Å². The summed E-state index contributed by atoms with van der Waals surface area (Å²) in [6.07, 6.45) is 3.07. The van der Waals surface area contributed by atoms with E-state index in [2.05, 4.69) is 94.9 Å². The van der Waals surface area contributed by atoms with E-state index in [1.165, 1.54) is 71.4 Å². The number of hydrogen-bond donors (Lipinski definition) is 0. The first kappa shape index (κ1) is 38.6. The maximum atomic E-state index is 13.4. The van der Waals surface area contributed by atoms with Crippen molar-refractivity contribution in [1.29, 1.82) is 0 Å². The maximum absolute atomic E-state index is 13.4. The van der Waals surface area contributed by atoms with Gasteiger partial charge in [0.25, 0.3) is 0 Å². The molecule has 0 bridgehead atoms. The van der Waals surface area contributed by atoms with Gasteiger partial charge in [-0.1, -0.05) is 78.4 Å². The number of piperazine rings is 2. The zero-order valence-electron chi connectivity index (χ0n) is 31.0. The molecule has 0 atom stereocenters. The summed E-state index contributed by atoms with van der Waals surface area (Å²) in [7, 11) is 0. The van der Waals surface area contributed by atoms with Crippen LogP contribution in [0.2, 0.25) is 0 Å². The highest BCUT2D eigenvalue weighted by molar-refractivity contribution is 7.10. The lowest BCUT2D eigenvalue weighted by Gasteiger charge is -2.34. The largest absolute Gasteiger partial charge is 0.344 e. The lowest BCUT2D eigenvalue weighted by atomic mass is 10.1. The lowest BCUT2D eigenvalue weighted by molar-refractivity contribution is 0.255. The van der Waals surface area contributed by atoms with Gasteiger partial charge in [-0.2, -0.15) is 18.7 Å². The SMILES string of the molecule is Cc1ccc(-c2nsc(N3CCN(CCCc4ccccc4)CC3)n2)cc1.Fc1cccc(-c2nsc(N3CCN(CCc4ccc(F)c(F)c4)CC3)n2)c1. The van der Waals surface area contributed by atoms with Crippen LogP contribution in [-0.2, 0) is 12.8 Å². The van der Waals surface area contributed by atoms with Gasteiger partial charge < -0.3 is 9.80 Å². The van der Waals surface area contributed by atoms with E-state index in [0.29, 0.717) is 17.8 Å². The van der Waals surface area contributed by atoms with Crippen LogP contribution in [0.5, 0.6) is 0 Å². The third-order valence-corrected chi connectivity index (χ3v) is 11.5. The smallest absolute Gasteiger partial charge is 0.205 e. The van der Waals surface area contributed by atoms with E-state index >= 15 is 0 Å². The molecular weight excluding hydrogens is 738 g/mol. The average molecular weight is 783 g/mol. The zero-order chi connectivity index (χ0) is 38.0. The lowest BCUT2D eigenvalue weighted by Crippen LogP contribution is -2.47. The van der Waals surface area contributed by atoms with E-state index in [4.69, 9.17) is 4.98 Å². The summed E-state index contributed by atoms with van der Waals surface area (Å²) in [6, 6.07) is 29.6. The van der Waals surface area contributed by atoms with Crippen LogP contribution >= 0.6 is 23.1 Å². The number of rotatable bonds is 11. The standard InChI is InChI=1S/C22H26N4S.C20H19F3N4S/c1-18-9-11-20(12-10-18)21-23-22(27-24-21)26-16-14-25(15-17-26)13-5-8-19-6-3-2-4-7-19;21-16-3-1-2-15(13-16)19-24-20(28-25-19)27-10-8-26(9-11-27)7-6-14-4-5-17(22)18(23)12-14/h2-4,6-7,9-12H,5,8,13-17H2,1H3;1-5,12-13H,6-11H2. The second-order valence-electron chi connectivity index (χ2n) is 13.9. The van der Waals surface area contributed by atoms with E-state index in [1.807, 2.05) is 0 Å². The van der Waals surface area contributed by atoms with Crippen LogP contribution in [0.3, 0.4) is 0 Å². The Kier molecular flexibility index (Phi) is 13.2. The summed E-state index contributed by atoms with van der Waals surface area (Å²) in [5.74, 6) is -0.524. The molecule has 8 rings (SSSR count). The molecule has 0 aliphatic carbocycles. The van der Waals surface area contributed by atoms with Gasteiger partial charge in [-0.15, -0.1) is 0 Å². The van der Waals surface area contributed by atoms with Crippen LogP contribution in [-0.4, -0.2) is 94.0 Å².